The molecule has 0 saturated carbocycles. The molecule has 0 aliphatic rings. The smallest absolute Gasteiger partial charge is 0.339 e. The van der Waals surface area contributed by atoms with Crippen LogP contribution in [0.25, 0.3) is 0 Å². The van der Waals surface area contributed by atoms with Gasteiger partial charge in [0.25, 0.3) is 0 Å². The number of aromatic hydroxyl groups is 1. The van der Waals surface area contributed by atoms with Crippen LogP contribution in [0.1, 0.15) is 26.3 Å². The number of carboxylic acids is 2. The molecule has 1 aromatic carbocycles. The topological polar surface area (TPSA) is 94.8 Å². The molecule has 74 valence electrons. The molecule has 0 amide bonds. The van der Waals surface area contributed by atoms with E-state index in [0.717, 1.165) is 12.1 Å². The number of rotatable bonds is 2. The van der Waals surface area contributed by atoms with Gasteiger partial charge >= 0.3 is 11.9 Å². The molecule has 1 rings (SSSR count). The number of aromatic carboxylic acids is 2. The first kappa shape index (κ1) is 10.0. The van der Waals surface area contributed by atoms with Gasteiger partial charge < -0.3 is 15.3 Å². The molecule has 0 radical (unpaired) electrons. The molecular weight excluding hydrogens is 188 g/mol. The van der Waals surface area contributed by atoms with Gasteiger partial charge in [0.15, 0.2) is 0 Å². The van der Waals surface area contributed by atoms with Crippen LogP contribution in [0.15, 0.2) is 12.1 Å². The van der Waals surface area contributed by atoms with Crippen molar-refractivity contribution in [3.05, 3.63) is 28.8 Å². The summed E-state index contributed by atoms with van der Waals surface area (Å²) in [6, 6.07) is 2.06. The molecule has 1 aromatic rings. The maximum absolute atomic E-state index is 10.6. The minimum atomic E-state index is -1.29. The van der Waals surface area contributed by atoms with Crippen molar-refractivity contribution in [2.45, 2.75) is 6.92 Å². The van der Waals surface area contributed by atoms with Gasteiger partial charge in [-0.05, 0) is 24.6 Å². The van der Waals surface area contributed by atoms with E-state index in [4.69, 9.17) is 10.2 Å². The quantitative estimate of drug-likeness (QED) is 0.658. The summed E-state index contributed by atoms with van der Waals surface area (Å²) >= 11 is 0. The van der Waals surface area contributed by atoms with Gasteiger partial charge in [-0.1, -0.05) is 0 Å². The zero-order valence-corrected chi connectivity index (χ0v) is 7.31. The summed E-state index contributed by atoms with van der Waals surface area (Å²) < 4.78 is 0. The first-order chi connectivity index (χ1) is 6.43. The van der Waals surface area contributed by atoms with E-state index < -0.39 is 17.7 Å². The Kier molecular flexibility index (Phi) is 2.42. The fourth-order valence-electron chi connectivity index (χ4n) is 1.10. The number of hydrogen-bond donors (Lipinski definition) is 3. The highest BCUT2D eigenvalue weighted by Crippen LogP contribution is 2.22. The maximum Gasteiger partial charge on any atom is 0.339 e. The highest BCUT2D eigenvalue weighted by molar-refractivity contribution is 5.95. The number of phenols is 1. The Balaban J connectivity index is 3.38. The van der Waals surface area contributed by atoms with E-state index >= 15 is 0 Å². The minimum Gasteiger partial charge on any atom is -0.507 e. The average molecular weight is 196 g/mol. The normalized spacial score (nSPS) is 9.79. The summed E-state index contributed by atoms with van der Waals surface area (Å²) in [5, 5.41) is 26.5. The minimum absolute atomic E-state index is 0.104. The van der Waals surface area contributed by atoms with Gasteiger partial charge in [-0.15, -0.1) is 0 Å². The third-order valence-corrected chi connectivity index (χ3v) is 1.80. The molecule has 0 aliphatic carbocycles. The molecule has 5 heteroatoms. The molecule has 0 saturated heterocycles. The van der Waals surface area contributed by atoms with E-state index in [0.29, 0.717) is 5.56 Å². The monoisotopic (exact) mass is 196 g/mol. The highest BCUT2D eigenvalue weighted by Gasteiger charge is 2.15. The third-order valence-electron chi connectivity index (χ3n) is 1.80. The molecule has 0 fully saturated rings. The average Bonchev–Trinajstić information content (AvgIpc) is 2.07. The Morgan fingerprint density at radius 1 is 1.07 bits per heavy atom. The first-order valence-corrected chi connectivity index (χ1v) is 3.73. The van der Waals surface area contributed by atoms with Crippen molar-refractivity contribution < 1.29 is 24.9 Å². The Hall–Kier alpha value is -2.04. The van der Waals surface area contributed by atoms with E-state index in [1.54, 1.807) is 0 Å². The fourth-order valence-corrected chi connectivity index (χ4v) is 1.10. The Morgan fingerprint density at radius 2 is 1.57 bits per heavy atom. The molecule has 0 atom stereocenters. The fraction of sp³-hybridized carbons (Fsp3) is 0.111. The van der Waals surface area contributed by atoms with Gasteiger partial charge in [-0.3, -0.25) is 0 Å². The van der Waals surface area contributed by atoms with Crippen molar-refractivity contribution in [3.63, 3.8) is 0 Å². The lowest BCUT2D eigenvalue weighted by atomic mass is 10.0. The maximum atomic E-state index is 10.6. The molecule has 0 unspecified atom stereocenters. The lowest BCUT2D eigenvalue weighted by Gasteiger charge is -2.04. The third kappa shape index (κ3) is 1.66. The molecule has 0 bridgehead atoms. The second-order valence-corrected chi connectivity index (χ2v) is 2.79. The number of aryl methyl sites for hydroxylation is 1. The molecule has 0 heterocycles. The van der Waals surface area contributed by atoms with E-state index in [9.17, 15) is 14.7 Å². The van der Waals surface area contributed by atoms with Crippen LogP contribution in [0.2, 0.25) is 0 Å². The zero-order valence-electron chi connectivity index (χ0n) is 7.31. The summed E-state index contributed by atoms with van der Waals surface area (Å²) in [6.07, 6.45) is 0. The van der Waals surface area contributed by atoms with E-state index in [2.05, 4.69) is 0 Å². The zero-order chi connectivity index (χ0) is 10.9. The van der Waals surface area contributed by atoms with Crippen LogP contribution in [-0.2, 0) is 0 Å². The van der Waals surface area contributed by atoms with E-state index in [-0.39, 0.29) is 11.1 Å². The number of benzene rings is 1. The Morgan fingerprint density at radius 3 is 2.00 bits per heavy atom. The largest absolute Gasteiger partial charge is 0.507 e. The summed E-state index contributed by atoms with van der Waals surface area (Å²) in [5.41, 5.74) is -0.104. The first-order valence-electron chi connectivity index (χ1n) is 3.73. The van der Waals surface area contributed by atoms with Crippen LogP contribution in [-0.4, -0.2) is 27.3 Å². The lowest BCUT2D eigenvalue weighted by molar-refractivity contribution is 0.0677. The summed E-state index contributed by atoms with van der Waals surface area (Å²) in [4.78, 5) is 21.1. The molecule has 3 N–H and O–H groups in total. The Labute approximate surface area is 79.2 Å². The summed E-state index contributed by atoms with van der Waals surface area (Å²) in [7, 11) is 0. The van der Waals surface area contributed by atoms with Crippen LogP contribution in [0.5, 0.6) is 5.75 Å². The van der Waals surface area contributed by atoms with Gasteiger partial charge in [-0.25, -0.2) is 9.59 Å². The van der Waals surface area contributed by atoms with Gasteiger partial charge in [0.05, 0.1) is 5.56 Å². The van der Waals surface area contributed by atoms with Crippen LogP contribution in [0, 0.1) is 6.92 Å². The molecule has 0 spiro atoms. The molecule has 0 aliphatic heterocycles. The van der Waals surface area contributed by atoms with Gasteiger partial charge in [0, 0.05) is 0 Å². The predicted octanol–water partition coefficient (Wildman–Crippen LogP) is 1.10. The molecule has 5 nitrogen and oxygen atoms in total. The number of carbonyl (C=O) groups is 2. The van der Waals surface area contributed by atoms with Crippen LogP contribution in [0.3, 0.4) is 0 Å². The van der Waals surface area contributed by atoms with Gasteiger partial charge in [0.1, 0.15) is 11.3 Å². The second kappa shape index (κ2) is 3.37. The van der Waals surface area contributed by atoms with Crippen molar-refractivity contribution in [1.82, 2.24) is 0 Å². The lowest BCUT2D eigenvalue weighted by Crippen LogP contribution is -2.04. The van der Waals surface area contributed by atoms with Gasteiger partial charge in [-0.2, -0.15) is 0 Å². The van der Waals surface area contributed by atoms with E-state index in [1.165, 1.54) is 6.92 Å². The molecular formula is C9H8O5. The van der Waals surface area contributed by atoms with Crippen molar-refractivity contribution in [2.75, 3.05) is 0 Å². The van der Waals surface area contributed by atoms with Crippen LogP contribution in [0.4, 0.5) is 0 Å². The Bertz CT molecular complexity index is 368. The van der Waals surface area contributed by atoms with Crippen LogP contribution >= 0.6 is 0 Å². The van der Waals surface area contributed by atoms with Crippen molar-refractivity contribution in [2.24, 2.45) is 0 Å². The van der Waals surface area contributed by atoms with E-state index in [1.807, 2.05) is 0 Å². The standard InChI is InChI=1S/C9H8O5/c1-4-2-6(9(13)14)7(10)3-5(4)8(11)12/h2-3,10H,1H3,(H,11,12)(H,13,14). The van der Waals surface area contributed by atoms with Crippen molar-refractivity contribution in [3.8, 4) is 5.75 Å². The highest BCUT2D eigenvalue weighted by atomic mass is 16.4. The van der Waals surface area contributed by atoms with Gasteiger partial charge in [0.2, 0.25) is 0 Å². The summed E-state index contributed by atoms with van der Waals surface area (Å²) in [6.45, 7) is 1.47. The van der Waals surface area contributed by atoms with Crippen molar-refractivity contribution >= 4 is 11.9 Å². The second-order valence-electron chi connectivity index (χ2n) is 2.79. The number of carboxylic acid groups (broad SMARTS) is 2. The molecule has 0 aromatic heterocycles. The van der Waals surface area contributed by atoms with Crippen molar-refractivity contribution in [1.29, 1.82) is 0 Å². The van der Waals surface area contributed by atoms with Crippen LogP contribution < -0.4 is 0 Å². The summed E-state index contributed by atoms with van der Waals surface area (Å²) in [5.74, 6) is -3.03. The predicted molar refractivity (Wildman–Crippen MR) is 46.8 cm³/mol. The number of hydrogen-bond acceptors (Lipinski definition) is 3. The molecule has 14 heavy (non-hydrogen) atoms. The SMILES string of the molecule is Cc1cc(C(=O)O)c(O)cc1C(=O)O.